The number of piperidine rings is 1. The number of amides is 2. The Kier molecular flexibility index (Phi) is 14.5. The molecule has 15 nitrogen and oxygen atoms in total. The van der Waals surface area contributed by atoms with Gasteiger partial charge in [-0.3, -0.25) is 33.8 Å². The zero-order chi connectivity index (χ0) is 43.0. The molecule has 2 saturated heterocycles. The summed E-state index contributed by atoms with van der Waals surface area (Å²) in [5.74, 6) is -0.0456. The molecule has 62 heavy (non-hydrogen) atoms. The Bertz CT molecular complexity index is 2360. The number of piperazine rings is 1. The third-order valence-electron chi connectivity index (χ3n) is 12.9. The number of carbonyl (C=O) groups excluding carboxylic acids is 2. The SMILES string of the molecule is CCCCNc1ncc2c(-c3ccc(CN4CCN(CCOCCOCCCc5ccc6c(c5)n(C)c(=O)n6[C@H]5CCC(=O)NC5=O)CC4)cc3)cn([C@H]3CC[C@H](O)CC3)c2n1. The van der Waals surface area contributed by atoms with Crippen molar-refractivity contribution in [3.63, 3.8) is 0 Å². The van der Waals surface area contributed by atoms with Gasteiger partial charge >= 0.3 is 5.69 Å². The van der Waals surface area contributed by atoms with Crippen LogP contribution in [0.1, 0.15) is 87.9 Å². The molecule has 0 unspecified atom stereocenters. The molecule has 332 valence electrons. The number of ether oxygens (including phenoxy) is 2. The number of benzene rings is 2. The van der Waals surface area contributed by atoms with Crippen molar-refractivity contribution >= 4 is 39.8 Å². The summed E-state index contributed by atoms with van der Waals surface area (Å²) in [4.78, 5) is 51.8. The van der Waals surface area contributed by atoms with Crippen molar-refractivity contribution in [2.75, 3.05) is 71.0 Å². The number of nitrogens with zero attached hydrogens (tertiary/aromatic N) is 7. The lowest BCUT2D eigenvalue weighted by Crippen LogP contribution is -2.46. The molecule has 2 aliphatic heterocycles. The lowest BCUT2D eigenvalue weighted by atomic mass is 9.93. The molecule has 3 aromatic heterocycles. The van der Waals surface area contributed by atoms with E-state index in [1.165, 1.54) is 15.7 Å². The maximum absolute atomic E-state index is 13.0. The maximum Gasteiger partial charge on any atom is 0.329 e. The highest BCUT2D eigenvalue weighted by Gasteiger charge is 2.31. The summed E-state index contributed by atoms with van der Waals surface area (Å²) in [6.07, 6.45) is 12.0. The molecule has 5 aromatic rings. The highest BCUT2D eigenvalue weighted by molar-refractivity contribution is 6.00. The molecule has 5 heterocycles. The predicted molar refractivity (Wildman–Crippen MR) is 240 cm³/mol. The van der Waals surface area contributed by atoms with E-state index in [9.17, 15) is 19.5 Å². The molecule has 1 saturated carbocycles. The first-order valence-electron chi connectivity index (χ1n) is 22.8. The van der Waals surface area contributed by atoms with Crippen LogP contribution in [0.15, 0.2) is 59.7 Å². The van der Waals surface area contributed by atoms with E-state index in [4.69, 9.17) is 14.5 Å². The summed E-state index contributed by atoms with van der Waals surface area (Å²) in [6.45, 7) is 11.4. The van der Waals surface area contributed by atoms with E-state index in [0.717, 1.165) is 125 Å². The molecule has 2 aromatic carbocycles. The van der Waals surface area contributed by atoms with E-state index in [1.54, 1.807) is 11.6 Å². The minimum Gasteiger partial charge on any atom is -0.393 e. The van der Waals surface area contributed by atoms with Crippen molar-refractivity contribution < 1.29 is 24.2 Å². The summed E-state index contributed by atoms with van der Waals surface area (Å²) in [5, 5.41) is 17.0. The van der Waals surface area contributed by atoms with Gasteiger partial charge in [0.2, 0.25) is 17.8 Å². The van der Waals surface area contributed by atoms with Crippen molar-refractivity contribution in [1.29, 1.82) is 0 Å². The van der Waals surface area contributed by atoms with Crippen LogP contribution >= 0.6 is 0 Å². The van der Waals surface area contributed by atoms with E-state index >= 15 is 0 Å². The lowest BCUT2D eigenvalue weighted by Gasteiger charge is -2.34. The van der Waals surface area contributed by atoms with Gasteiger partial charge in [-0.15, -0.1) is 0 Å². The Balaban J connectivity index is 0.731. The van der Waals surface area contributed by atoms with Gasteiger partial charge in [-0.2, -0.15) is 4.98 Å². The Labute approximate surface area is 363 Å². The van der Waals surface area contributed by atoms with Crippen LogP contribution in [0.4, 0.5) is 5.95 Å². The Hall–Kier alpha value is -4.93. The quantitative estimate of drug-likeness (QED) is 0.0741. The molecule has 0 bridgehead atoms. The normalized spacial score (nSPS) is 20.3. The van der Waals surface area contributed by atoms with Crippen LogP contribution in [0, 0.1) is 0 Å². The third kappa shape index (κ3) is 10.3. The molecule has 1 aliphatic carbocycles. The van der Waals surface area contributed by atoms with Crippen LogP contribution < -0.4 is 16.3 Å². The minimum atomic E-state index is -0.682. The molecule has 15 heteroatoms. The number of unbranched alkanes of at least 4 members (excludes halogenated alkanes) is 1. The second-order valence-corrected chi connectivity index (χ2v) is 17.3. The van der Waals surface area contributed by atoms with E-state index in [1.807, 2.05) is 24.4 Å². The van der Waals surface area contributed by atoms with Crippen LogP contribution in [0.3, 0.4) is 0 Å². The third-order valence-corrected chi connectivity index (χ3v) is 12.9. The van der Waals surface area contributed by atoms with Crippen molar-refractivity contribution in [1.82, 2.24) is 38.8 Å². The number of aliphatic hydroxyl groups excluding tert-OH is 1. The fraction of sp³-hybridized carbons (Fsp3) is 0.553. The second kappa shape index (κ2) is 20.5. The molecule has 1 atom stereocenters. The smallest absolute Gasteiger partial charge is 0.329 e. The Morgan fingerprint density at radius 1 is 0.855 bits per heavy atom. The summed E-state index contributed by atoms with van der Waals surface area (Å²) in [5.41, 5.74) is 6.91. The van der Waals surface area contributed by atoms with Gasteiger partial charge in [0.15, 0.2) is 0 Å². The van der Waals surface area contributed by atoms with Gasteiger partial charge in [-0.1, -0.05) is 43.7 Å². The number of imidazole rings is 1. The van der Waals surface area contributed by atoms with Crippen molar-refractivity contribution in [2.45, 2.75) is 95.9 Å². The maximum atomic E-state index is 13.0. The monoisotopic (exact) mass is 849 g/mol. The molecule has 8 rings (SSSR count). The summed E-state index contributed by atoms with van der Waals surface area (Å²) < 4.78 is 17.2. The molecular weight excluding hydrogens is 787 g/mol. The number of hydrogen-bond acceptors (Lipinski definition) is 11. The fourth-order valence-electron chi connectivity index (χ4n) is 9.24. The van der Waals surface area contributed by atoms with Gasteiger partial charge in [-0.25, -0.2) is 9.78 Å². The molecule has 2 amide bonds. The number of hydrogen-bond donors (Lipinski definition) is 3. The first-order valence-corrected chi connectivity index (χ1v) is 22.8. The van der Waals surface area contributed by atoms with Crippen molar-refractivity contribution in [2.24, 2.45) is 7.05 Å². The Morgan fingerprint density at radius 3 is 2.35 bits per heavy atom. The number of aliphatic hydroxyl groups is 1. The zero-order valence-corrected chi connectivity index (χ0v) is 36.4. The number of aromatic nitrogens is 5. The Morgan fingerprint density at radius 2 is 1.60 bits per heavy atom. The zero-order valence-electron chi connectivity index (χ0n) is 36.4. The molecular formula is C47H63N9O6. The number of anilines is 1. The number of imide groups is 1. The topological polar surface area (TPSA) is 161 Å². The van der Waals surface area contributed by atoms with Crippen LogP contribution in [-0.4, -0.2) is 122 Å². The lowest BCUT2D eigenvalue weighted by molar-refractivity contribution is -0.135. The van der Waals surface area contributed by atoms with Gasteiger partial charge in [0, 0.05) is 95.3 Å². The molecule has 3 fully saturated rings. The number of fused-ring (bicyclic) bond motifs is 2. The number of carbonyl (C=O) groups is 2. The summed E-state index contributed by atoms with van der Waals surface area (Å²) in [6, 6.07) is 14.5. The predicted octanol–water partition coefficient (Wildman–Crippen LogP) is 5.20. The van der Waals surface area contributed by atoms with Gasteiger partial charge in [0.25, 0.3) is 0 Å². The standard InChI is InChI=1S/C47H63N9O6/c1-3-4-19-48-46-49-30-38-39(32-55(44(38)51-46)36-12-14-37(57)15-13-36)35-10-7-34(8-11-35)31-54-22-20-53(21-23-54)24-26-62-28-27-61-25-5-6-33-9-16-40-42(29-33)52(2)47(60)56(40)41-17-18-43(58)50-45(41)59/h7-11,16,29-30,32,36-37,41,57H,3-6,12-15,17-28,31H2,1-2H3,(H,48,49,51)(H,50,58,59)/t36-,37-,41-/m0/s1. The van der Waals surface area contributed by atoms with Crippen LogP contribution in [0.5, 0.6) is 0 Å². The molecule has 0 radical (unpaired) electrons. The van der Waals surface area contributed by atoms with Gasteiger partial charge < -0.3 is 24.5 Å². The number of nitrogens with one attached hydrogen (secondary N) is 2. The molecule has 3 aliphatic rings. The van der Waals surface area contributed by atoms with Crippen LogP contribution in [-0.2, 0) is 39.1 Å². The van der Waals surface area contributed by atoms with E-state index in [-0.39, 0.29) is 24.1 Å². The van der Waals surface area contributed by atoms with E-state index < -0.39 is 11.9 Å². The van der Waals surface area contributed by atoms with Crippen LogP contribution in [0.25, 0.3) is 33.2 Å². The highest BCUT2D eigenvalue weighted by Crippen LogP contribution is 2.37. The average molecular weight is 850 g/mol. The summed E-state index contributed by atoms with van der Waals surface area (Å²) >= 11 is 0. The molecule has 3 N–H and O–H groups in total. The first-order chi connectivity index (χ1) is 30.2. The number of aryl methyl sites for hydroxylation is 2. The molecule has 0 spiro atoms. The van der Waals surface area contributed by atoms with Gasteiger partial charge in [-0.05, 0) is 80.2 Å². The van der Waals surface area contributed by atoms with E-state index in [0.29, 0.717) is 50.4 Å². The van der Waals surface area contributed by atoms with Crippen molar-refractivity contribution in [3.05, 3.63) is 76.5 Å². The van der Waals surface area contributed by atoms with Crippen molar-refractivity contribution in [3.8, 4) is 11.1 Å². The van der Waals surface area contributed by atoms with E-state index in [2.05, 4.69) is 67.4 Å². The van der Waals surface area contributed by atoms with Gasteiger partial charge in [0.1, 0.15) is 11.7 Å². The summed E-state index contributed by atoms with van der Waals surface area (Å²) in [7, 11) is 1.72. The minimum absolute atomic E-state index is 0.201. The van der Waals surface area contributed by atoms with Crippen LogP contribution in [0.2, 0.25) is 0 Å². The fourth-order valence-corrected chi connectivity index (χ4v) is 9.24. The van der Waals surface area contributed by atoms with Gasteiger partial charge in [0.05, 0.1) is 37.0 Å². The number of rotatable bonds is 19. The first kappa shape index (κ1) is 43.7. The second-order valence-electron chi connectivity index (χ2n) is 17.3. The highest BCUT2D eigenvalue weighted by atomic mass is 16.5. The average Bonchev–Trinajstić information content (AvgIpc) is 3.77. The largest absolute Gasteiger partial charge is 0.393 e.